The van der Waals surface area contributed by atoms with Crippen molar-refractivity contribution in [3.8, 4) is 17.0 Å². The van der Waals surface area contributed by atoms with Gasteiger partial charge in [-0.3, -0.25) is 4.79 Å². The van der Waals surface area contributed by atoms with Crippen molar-refractivity contribution in [2.75, 3.05) is 12.4 Å². The zero-order valence-electron chi connectivity index (χ0n) is 16.5. The highest BCUT2D eigenvalue weighted by atomic mass is 16.5. The highest BCUT2D eigenvalue weighted by molar-refractivity contribution is 6.05. The number of aromatic nitrogens is 2. The zero-order valence-corrected chi connectivity index (χ0v) is 16.5. The minimum Gasteiger partial charge on any atom is -0.497 e. The molecule has 0 atom stereocenters. The molecule has 0 aliphatic carbocycles. The van der Waals surface area contributed by atoms with E-state index in [4.69, 9.17) is 9.15 Å². The Labute approximate surface area is 176 Å². The first kappa shape index (κ1) is 18.6. The number of fused-ring (bicyclic) bond motifs is 2. The standard InChI is InChI=1S/C24H17N3O4/c1-30-18-9-8-16-12-19(24(29)31-21(16)13-18)23(28)25-17-6-4-5-15(11-17)20-14-27-10-3-2-7-22(27)26-20/h2-14H,1H3,(H,25,28). The number of imidazole rings is 1. The van der Waals surface area contributed by atoms with E-state index in [9.17, 15) is 9.59 Å². The summed E-state index contributed by atoms with van der Waals surface area (Å²) in [6, 6.07) is 19.7. The molecule has 0 saturated heterocycles. The molecular weight excluding hydrogens is 394 g/mol. The number of nitrogens with zero attached hydrogens (tertiary/aromatic N) is 2. The highest BCUT2D eigenvalue weighted by Gasteiger charge is 2.15. The quantitative estimate of drug-likeness (QED) is 0.444. The summed E-state index contributed by atoms with van der Waals surface area (Å²) in [5, 5.41) is 3.40. The normalized spacial score (nSPS) is 11.0. The fourth-order valence-corrected chi connectivity index (χ4v) is 3.41. The Morgan fingerprint density at radius 1 is 1.06 bits per heavy atom. The molecule has 2 aromatic carbocycles. The summed E-state index contributed by atoms with van der Waals surface area (Å²) in [5.74, 6) is 0.0234. The summed E-state index contributed by atoms with van der Waals surface area (Å²) in [5.41, 5.74) is 2.58. The largest absolute Gasteiger partial charge is 0.497 e. The summed E-state index contributed by atoms with van der Waals surface area (Å²) in [7, 11) is 1.53. The number of hydrogen-bond acceptors (Lipinski definition) is 5. The van der Waals surface area contributed by atoms with Crippen LogP contribution in [0.2, 0.25) is 0 Å². The van der Waals surface area contributed by atoms with Gasteiger partial charge in [0.25, 0.3) is 5.91 Å². The SMILES string of the molecule is COc1ccc2cc(C(=O)Nc3cccc(-c4cn5ccccc5n4)c3)c(=O)oc2c1. The van der Waals surface area contributed by atoms with Gasteiger partial charge in [-0.25, -0.2) is 9.78 Å². The first-order valence-electron chi connectivity index (χ1n) is 9.58. The van der Waals surface area contributed by atoms with E-state index in [1.54, 1.807) is 24.3 Å². The van der Waals surface area contributed by atoms with Gasteiger partial charge < -0.3 is 18.9 Å². The lowest BCUT2D eigenvalue weighted by Gasteiger charge is -2.07. The van der Waals surface area contributed by atoms with E-state index in [0.29, 0.717) is 22.4 Å². The second-order valence-electron chi connectivity index (χ2n) is 6.98. The fourth-order valence-electron chi connectivity index (χ4n) is 3.41. The van der Waals surface area contributed by atoms with Crippen molar-refractivity contribution in [1.29, 1.82) is 0 Å². The Hall–Kier alpha value is -4.39. The number of ether oxygens (including phenoxy) is 1. The van der Waals surface area contributed by atoms with Crippen molar-refractivity contribution in [1.82, 2.24) is 9.38 Å². The molecule has 0 aliphatic rings. The molecule has 0 fully saturated rings. The van der Waals surface area contributed by atoms with Crippen LogP contribution >= 0.6 is 0 Å². The van der Waals surface area contributed by atoms with Crippen LogP contribution in [0.3, 0.4) is 0 Å². The molecule has 0 aliphatic heterocycles. The van der Waals surface area contributed by atoms with Crippen molar-refractivity contribution in [3.63, 3.8) is 0 Å². The third kappa shape index (κ3) is 3.53. The lowest BCUT2D eigenvalue weighted by Crippen LogP contribution is -2.20. The van der Waals surface area contributed by atoms with Gasteiger partial charge in [-0.05, 0) is 42.5 Å². The minimum absolute atomic E-state index is 0.0733. The molecule has 0 unspecified atom stereocenters. The second-order valence-corrected chi connectivity index (χ2v) is 6.98. The maximum absolute atomic E-state index is 12.8. The van der Waals surface area contributed by atoms with E-state index < -0.39 is 11.5 Å². The topological polar surface area (TPSA) is 85.8 Å². The van der Waals surface area contributed by atoms with Gasteiger partial charge in [0.1, 0.15) is 22.5 Å². The van der Waals surface area contributed by atoms with Gasteiger partial charge in [0.2, 0.25) is 0 Å². The average molecular weight is 411 g/mol. The highest BCUT2D eigenvalue weighted by Crippen LogP contribution is 2.24. The first-order chi connectivity index (χ1) is 15.1. The predicted octanol–water partition coefficient (Wildman–Crippen LogP) is 4.37. The third-order valence-electron chi connectivity index (χ3n) is 4.97. The number of hydrogen-bond donors (Lipinski definition) is 1. The van der Waals surface area contributed by atoms with Crippen LogP contribution in [-0.4, -0.2) is 22.4 Å². The Balaban J connectivity index is 1.45. The number of benzene rings is 2. The van der Waals surface area contributed by atoms with Crippen LogP contribution in [0.5, 0.6) is 5.75 Å². The van der Waals surface area contributed by atoms with E-state index >= 15 is 0 Å². The number of anilines is 1. The molecule has 3 aromatic heterocycles. The number of carbonyl (C=O) groups excluding carboxylic acids is 1. The lowest BCUT2D eigenvalue weighted by molar-refractivity contribution is 0.102. The van der Waals surface area contributed by atoms with Crippen LogP contribution in [0.25, 0.3) is 27.9 Å². The fraction of sp³-hybridized carbons (Fsp3) is 0.0417. The average Bonchev–Trinajstić information content (AvgIpc) is 3.23. The van der Waals surface area contributed by atoms with Gasteiger partial charge in [-0.2, -0.15) is 0 Å². The van der Waals surface area contributed by atoms with Crippen LogP contribution in [0, 0.1) is 0 Å². The van der Waals surface area contributed by atoms with E-state index in [0.717, 1.165) is 16.9 Å². The van der Waals surface area contributed by atoms with Gasteiger partial charge in [0.05, 0.1) is 12.8 Å². The maximum atomic E-state index is 12.8. The molecule has 7 heteroatoms. The second kappa shape index (κ2) is 7.46. The Kier molecular flexibility index (Phi) is 4.48. The maximum Gasteiger partial charge on any atom is 0.349 e. The molecule has 5 aromatic rings. The molecule has 0 radical (unpaired) electrons. The summed E-state index contributed by atoms with van der Waals surface area (Å²) in [6.07, 6.45) is 3.84. The van der Waals surface area contributed by atoms with Crippen LogP contribution in [0.1, 0.15) is 10.4 Å². The molecule has 3 heterocycles. The van der Waals surface area contributed by atoms with E-state index in [-0.39, 0.29) is 5.56 Å². The smallest absolute Gasteiger partial charge is 0.349 e. The Morgan fingerprint density at radius 2 is 1.97 bits per heavy atom. The van der Waals surface area contributed by atoms with Crippen LogP contribution in [-0.2, 0) is 0 Å². The number of carbonyl (C=O) groups is 1. The molecule has 0 spiro atoms. The molecule has 1 N–H and O–H groups in total. The van der Waals surface area contributed by atoms with Gasteiger partial charge in [0.15, 0.2) is 0 Å². The van der Waals surface area contributed by atoms with E-state index in [2.05, 4.69) is 10.3 Å². The number of amides is 1. The van der Waals surface area contributed by atoms with Crippen molar-refractivity contribution in [2.24, 2.45) is 0 Å². The third-order valence-corrected chi connectivity index (χ3v) is 4.97. The number of pyridine rings is 1. The molecule has 7 nitrogen and oxygen atoms in total. The Bertz CT molecular complexity index is 1470. The molecule has 31 heavy (non-hydrogen) atoms. The summed E-state index contributed by atoms with van der Waals surface area (Å²) in [4.78, 5) is 29.7. The number of nitrogens with one attached hydrogen (secondary N) is 1. The monoisotopic (exact) mass is 411 g/mol. The van der Waals surface area contributed by atoms with Gasteiger partial charge in [0, 0.05) is 35.1 Å². The molecule has 0 bridgehead atoms. The van der Waals surface area contributed by atoms with E-state index in [1.807, 2.05) is 53.2 Å². The van der Waals surface area contributed by atoms with Crippen molar-refractivity contribution >= 4 is 28.2 Å². The van der Waals surface area contributed by atoms with Gasteiger partial charge in [-0.1, -0.05) is 18.2 Å². The summed E-state index contributed by atoms with van der Waals surface area (Å²) in [6.45, 7) is 0. The summed E-state index contributed by atoms with van der Waals surface area (Å²) >= 11 is 0. The molecule has 0 saturated carbocycles. The molecular formula is C24H17N3O4. The predicted molar refractivity (Wildman–Crippen MR) is 118 cm³/mol. The van der Waals surface area contributed by atoms with Gasteiger partial charge in [-0.15, -0.1) is 0 Å². The lowest BCUT2D eigenvalue weighted by atomic mass is 10.1. The molecule has 152 valence electrons. The number of methoxy groups -OCH3 is 1. The van der Waals surface area contributed by atoms with Crippen LogP contribution in [0.4, 0.5) is 5.69 Å². The number of rotatable bonds is 4. The summed E-state index contributed by atoms with van der Waals surface area (Å²) < 4.78 is 12.4. The van der Waals surface area contributed by atoms with Gasteiger partial charge >= 0.3 is 5.63 Å². The van der Waals surface area contributed by atoms with Crippen molar-refractivity contribution < 1.29 is 13.9 Å². The van der Waals surface area contributed by atoms with Crippen LogP contribution in [0.15, 0.2) is 88.3 Å². The molecule has 1 amide bonds. The minimum atomic E-state index is -0.713. The van der Waals surface area contributed by atoms with Crippen molar-refractivity contribution in [3.05, 3.63) is 95.1 Å². The Morgan fingerprint density at radius 3 is 2.81 bits per heavy atom. The van der Waals surface area contributed by atoms with Crippen LogP contribution < -0.4 is 15.7 Å². The zero-order chi connectivity index (χ0) is 21.4. The first-order valence-corrected chi connectivity index (χ1v) is 9.58. The molecule has 5 rings (SSSR count). The van der Waals surface area contributed by atoms with Crippen molar-refractivity contribution in [2.45, 2.75) is 0 Å². The van der Waals surface area contributed by atoms with E-state index in [1.165, 1.54) is 13.2 Å².